The molecule has 5 amide bonds. The molecule has 22 nitrogen and oxygen atoms in total. The van der Waals surface area contributed by atoms with Crippen LogP contribution in [-0.4, -0.2) is 134 Å². The van der Waals surface area contributed by atoms with E-state index in [1.165, 1.54) is 17.6 Å². The Morgan fingerprint density at radius 1 is 0.923 bits per heavy atom. The van der Waals surface area contributed by atoms with Gasteiger partial charge in [-0.2, -0.15) is 0 Å². The first-order valence-electron chi connectivity index (χ1n) is 26.2. The summed E-state index contributed by atoms with van der Waals surface area (Å²) in [6.07, 6.45) is 1.52. The average Bonchev–Trinajstić information content (AvgIpc) is 3.88. The van der Waals surface area contributed by atoms with E-state index in [1.807, 2.05) is 0 Å². The van der Waals surface area contributed by atoms with Gasteiger partial charge in [0.15, 0.2) is 5.60 Å². The Hall–Kier alpha value is -6.41. The minimum Gasteiger partial charge on any atom is -0.458 e. The van der Waals surface area contributed by atoms with Crippen molar-refractivity contribution in [2.45, 2.75) is 109 Å². The summed E-state index contributed by atoms with van der Waals surface area (Å²) < 4.78 is 49.6. The molecule has 2 aromatic heterocycles. The molecule has 4 heterocycles. The van der Waals surface area contributed by atoms with Crippen molar-refractivity contribution in [1.82, 2.24) is 30.8 Å². The summed E-state index contributed by atoms with van der Waals surface area (Å²) in [7, 11) is 0. The number of hydrogen-bond donors (Lipinski definition) is 7. The van der Waals surface area contributed by atoms with E-state index in [9.17, 15) is 38.7 Å². The van der Waals surface area contributed by atoms with E-state index in [0.717, 1.165) is 5.56 Å². The van der Waals surface area contributed by atoms with Gasteiger partial charge in [-0.25, -0.2) is 19.0 Å². The molecule has 24 heteroatoms. The highest BCUT2D eigenvalue weighted by Gasteiger charge is 2.46. The third kappa shape index (κ3) is 14.4. The van der Waals surface area contributed by atoms with Gasteiger partial charge >= 0.3 is 12.1 Å². The zero-order valence-electron chi connectivity index (χ0n) is 44.0. The summed E-state index contributed by atoms with van der Waals surface area (Å²) in [4.78, 5) is 95.8. The van der Waals surface area contributed by atoms with Crippen LogP contribution >= 0.6 is 15.9 Å². The van der Waals surface area contributed by atoms with E-state index < -0.39 is 64.9 Å². The Labute approximate surface area is 458 Å². The smallest absolute Gasteiger partial charge is 0.407 e. The number of cyclic esters (lactones) is 1. The fraction of sp³-hybridized carbons (Fsp3) is 0.519. The van der Waals surface area contributed by atoms with Gasteiger partial charge in [0, 0.05) is 41.2 Å². The van der Waals surface area contributed by atoms with Crippen molar-refractivity contribution in [1.29, 1.82) is 0 Å². The van der Waals surface area contributed by atoms with Gasteiger partial charge in [-0.05, 0) is 99.4 Å². The van der Waals surface area contributed by atoms with Gasteiger partial charge in [-0.3, -0.25) is 24.0 Å². The molecule has 3 aliphatic rings. The highest BCUT2D eigenvalue weighted by molar-refractivity contribution is 9.09. The van der Waals surface area contributed by atoms with E-state index in [-0.39, 0.29) is 74.6 Å². The fourth-order valence-corrected chi connectivity index (χ4v) is 9.82. The number of ether oxygens (including phenoxy) is 6. The predicted molar refractivity (Wildman–Crippen MR) is 286 cm³/mol. The van der Waals surface area contributed by atoms with Crippen LogP contribution in [0.2, 0.25) is 0 Å². The maximum Gasteiger partial charge on any atom is 0.407 e. The number of halogens is 2. The zero-order valence-corrected chi connectivity index (χ0v) is 45.6. The SMILES string of the molecule is CC[C@@]1(O)C(=O)OCc2c1cc1n(c2=O)Cc2c-1nc1cc(F)c(C)c3c1c2C(NC(=O)OCc1ccc(NC(=O)[C@H](CCCCN)NC(=O)[C@H](C)NC(=O)CCOCCOCCOCCOCCNC(=O)CBr)cc1)CC3. The second kappa shape index (κ2) is 28.0. The van der Waals surface area contributed by atoms with E-state index >= 15 is 4.39 Å². The number of aryl methyl sites for hydroxylation is 1. The summed E-state index contributed by atoms with van der Waals surface area (Å²) in [6.45, 7) is 7.82. The molecule has 422 valence electrons. The number of benzene rings is 2. The third-order valence-electron chi connectivity index (χ3n) is 13.9. The Bertz CT molecular complexity index is 2910. The minimum atomic E-state index is -2.03. The maximum absolute atomic E-state index is 15.4. The molecule has 1 aliphatic carbocycles. The Morgan fingerprint density at radius 3 is 2.29 bits per heavy atom. The summed E-state index contributed by atoms with van der Waals surface area (Å²) in [5.74, 6) is -2.85. The van der Waals surface area contributed by atoms with Crippen LogP contribution in [0.1, 0.15) is 97.4 Å². The standard InChI is InChI=1S/C54H68BrFN8O14/c1-4-54(72)38-25-43-48-36(28-64(43)51(69)37(38)30-77-52(54)70)47-40(13-12-35-31(2)39(56)26-42(61-48)46(35)47)63-53(71)78-29-33-8-10-34(11-9-33)60-50(68)41(7-5-6-15-57)62-49(67)32(3)59-44(65)14-17-73-19-21-75-23-24-76-22-20-74-18-16-58-45(66)27-55/h8-11,25-26,32,40-41,72H,4-7,12-24,27-30,57H2,1-3H3,(H,58,66)(H,59,65)(H,60,68)(H,62,67)(H,63,71)/t32-,40?,41-,54-/m0/s1. The number of nitrogens with zero attached hydrogens (tertiary/aromatic N) is 2. The van der Waals surface area contributed by atoms with Gasteiger partial charge in [-0.15, -0.1) is 0 Å². The van der Waals surface area contributed by atoms with Crippen LogP contribution in [-0.2, 0) is 84.2 Å². The molecule has 78 heavy (non-hydrogen) atoms. The number of esters is 1. The first-order valence-corrected chi connectivity index (χ1v) is 27.3. The molecule has 7 rings (SSSR count). The van der Waals surface area contributed by atoms with Gasteiger partial charge in [-0.1, -0.05) is 35.0 Å². The summed E-state index contributed by atoms with van der Waals surface area (Å²) in [6, 6.07) is 7.03. The van der Waals surface area contributed by atoms with Gasteiger partial charge in [0.05, 0.1) is 93.2 Å². The number of fused-ring (bicyclic) bond motifs is 5. The monoisotopic (exact) mass is 1150 g/mol. The normalized spacial score (nSPS) is 16.8. The van der Waals surface area contributed by atoms with Gasteiger partial charge in [0.1, 0.15) is 31.1 Å². The number of nitrogens with one attached hydrogen (secondary N) is 5. The number of carbonyl (C=O) groups excluding carboxylic acids is 6. The molecule has 4 atom stereocenters. The van der Waals surface area contributed by atoms with Crippen LogP contribution in [0.4, 0.5) is 14.9 Å². The number of aromatic nitrogens is 2. The lowest BCUT2D eigenvalue weighted by Crippen LogP contribution is -2.51. The first kappa shape index (κ1) is 59.3. The Kier molecular flexibility index (Phi) is 21.2. The maximum atomic E-state index is 15.4. The van der Waals surface area contributed by atoms with Crippen LogP contribution in [0.3, 0.4) is 0 Å². The highest BCUT2D eigenvalue weighted by Crippen LogP contribution is 2.46. The molecule has 4 aromatic rings. The third-order valence-corrected chi connectivity index (χ3v) is 14.4. The van der Waals surface area contributed by atoms with Crippen molar-refractivity contribution < 1.29 is 66.7 Å². The number of unbranched alkanes of at least 4 members (excludes halogenated alkanes) is 1. The number of aliphatic hydroxyl groups is 1. The number of rotatable bonds is 29. The highest BCUT2D eigenvalue weighted by atomic mass is 79.9. The number of pyridine rings is 2. The summed E-state index contributed by atoms with van der Waals surface area (Å²) in [5, 5.41) is 26.2. The van der Waals surface area contributed by atoms with E-state index in [1.54, 1.807) is 44.2 Å². The number of hydrogen-bond acceptors (Lipinski definition) is 16. The molecule has 0 spiro atoms. The Balaban J connectivity index is 0.872. The summed E-state index contributed by atoms with van der Waals surface area (Å²) in [5.41, 5.74) is 8.17. The summed E-state index contributed by atoms with van der Waals surface area (Å²) >= 11 is 3.07. The molecule has 1 unspecified atom stereocenters. The van der Waals surface area contributed by atoms with Crippen molar-refractivity contribution >= 4 is 68.2 Å². The molecule has 0 radical (unpaired) electrons. The zero-order chi connectivity index (χ0) is 55.9. The van der Waals surface area contributed by atoms with Crippen molar-refractivity contribution in [2.75, 3.05) is 76.6 Å². The van der Waals surface area contributed by atoms with Crippen molar-refractivity contribution in [3.63, 3.8) is 0 Å². The topological polar surface area (TPSA) is 299 Å². The predicted octanol–water partition coefficient (Wildman–Crippen LogP) is 3.47. The quantitative estimate of drug-likeness (QED) is 0.0205. The van der Waals surface area contributed by atoms with Gasteiger partial charge in [0.2, 0.25) is 23.6 Å². The van der Waals surface area contributed by atoms with Gasteiger partial charge < -0.3 is 70.4 Å². The first-order chi connectivity index (χ1) is 37.6. The molecule has 0 bridgehead atoms. The second-order valence-electron chi connectivity index (χ2n) is 19.1. The van der Waals surface area contributed by atoms with Crippen LogP contribution < -0.4 is 37.9 Å². The molecule has 0 saturated carbocycles. The van der Waals surface area contributed by atoms with Crippen molar-refractivity contribution in [2.24, 2.45) is 5.73 Å². The molecule has 8 N–H and O–H groups in total. The number of anilines is 1. The van der Waals surface area contributed by atoms with Crippen LogP contribution in [0, 0.1) is 12.7 Å². The van der Waals surface area contributed by atoms with E-state index in [0.29, 0.717) is 129 Å². The van der Waals surface area contributed by atoms with Crippen molar-refractivity contribution in [3.8, 4) is 11.4 Å². The lowest BCUT2D eigenvalue weighted by atomic mass is 9.81. The van der Waals surface area contributed by atoms with E-state index in [2.05, 4.69) is 42.5 Å². The van der Waals surface area contributed by atoms with Crippen LogP contribution in [0.25, 0.3) is 22.3 Å². The molecular formula is C54H68BrFN8O14. The lowest BCUT2D eigenvalue weighted by molar-refractivity contribution is -0.172. The lowest BCUT2D eigenvalue weighted by Gasteiger charge is -2.31. The molecule has 2 aliphatic heterocycles. The minimum absolute atomic E-state index is 0.00113. The second-order valence-corrected chi connectivity index (χ2v) is 19.7. The molecular weight excluding hydrogens is 1080 g/mol. The number of carbonyl (C=O) groups is 6. The number of alkyl halides is 1. The van der Waals surface area contributed by atoms with E-state index in [4.69, 9.17) is 39.1 Å². The van der Waals surface area contributed by atoms with Gasteiger partial charge in [0.25, 0.3) is 5.56 Å². The molecule has 0 saturated heterocycles. The molecule has 0 fully saturated rings. The molecule has 2 aromatic carbocycles. The average molecular weight is 1150 g/mol. The van der Waals surface area contributed by atoms with Crippen molar-refractivity contribution in [3.05, 3.63) is 91.5 Å². The fourth-order valence-electron chi connectivity index (χ4n) is 9.62. The number of amides is 5. The number of nitrogens with two attached hydrogens (primary N) is 1. The Morgan fingerprint density at radius 2 is 1.62 bits per heavy atom. The van der Waals surface area contributed by atoms with Crippen LogP contribution in [0.5, 0.6) is 0 Å². The largest absolute Gasteiger partial charge is 0.458 e. The number of alkyl carbamates (subject to hydrolysis) is 1. The van der Waals surface area contributed by atoms with Crippen LogP contribution in [0.15, 0.2) is 41.2 Å².